The molecule has 19 heavy (non-hydrogen) atoms. The zero-order valence-corrected chi connectivity index (χ0v) is 11.5. The molecule has 0 aliphatic heterocycles. The molecule has 0 bridgehead atoms. The summed E-state index contributed by atoms with van der Waals surface area (Å²) in [6.07, 6.45) is 3.78. The molecule has 0 amide bonds. The highest BCUT2D eigenvalue weighted by molar-refractivity contribution is 5.70. The Labute approximate surface area is 114 Å². The van der Waals surface area contributed by atoms with Crippen molar-refractivity contribution in [2.45, 2.75) is 20.4 Å². The number of pyridine rings is 1. The fraction of sp³-hybridized carbons (Fsp3) is 0.312. The zero-order chi connectivity index (χ0) is 13.5. The molecule has 0 fully saturated rings. The van der Waals surface area contributed by atoms with Crippen LogP contribution < -0.4 is 10.1 Å². The van der Waals surface area contributed by atoms with Gasteiger partial charge in [-0.25, -0.2) is 0 Å². The van der Waals surface area contributed by atoms with Crippen LogP contribution in [0.1, 0.15) is 19.4 Å². The molecular formula is C16H20N2O. The van der Waals surface area contributed by atoms with Crippen molar-refractivity contribution >= 4 is 0 Å². The van der Waals surface area contributed by atoms with Gasteiger partial charge in [0, 0.05) is 30.1 Å². The van der Waals surface area contributed by atoms with Crippen LogP contribution in [0.3, 0.4) is 0 Å². The first-order valence-electron chi connectivity index (χ1n) is 6.72. The number of hydrogen-bond donors (Lipinski definition) is 1. The molecule has 0 atom stereocenters. The van der Waals surface area contributed by atoms with Crippen LogP contribution in [0.5, 0.6) is 5.75 Å². The lowest BCUT2D eigenvalue weighted by atomic mass is 10.0. The van der Waals surface area contributed by atoms with Crippen molar-refractivity contribution in [3.8, 4) is 16.9 Å². The Kier molecular flexibility index (Phi) is 4.93. The Balaban J connectivity index is 2.30. The van der Waals surface area contributed by atoms with Crippen LogP contribution in [0.4, 0.5) is 0 Å². The lowest BCUT2D eigenvalue weighted by Crippen LogP contribution is -2.11. The molecule has 1 aromatic carbocycles. The summed E-state index contributed by atoms with van der Waals surface area (Å²) in [5.41, 5.74) is 3.38. The van der Waals surface area contributed by atoms with Gasteiger partial charge in [-0.2, -0.15) is 0 Å². The first-order valence-corrected chi connectivity index (χ1v) is 6.72. The van der Waals surface area contributed by atoms with Crippen LogP contribution in [-0.4, -0.2) is 18.1 Å². The normalized spacial score (nSPS) is 10.4. The summed E-state index contributed by atoms with van der Waals surface area (Å²) in [6, 6.07) is 10.2. The minimum absolute atomic E-state index is 0.668. The predicted molar refractivity (Wildman–Crippen MR) is 78.2 cm³/mol. The Morgan fingerprint density at radius 2 is 2.00 bits per heavy atom. The van der Waals surface area contributed by atoms with Gasteiger partial charge in [-0.05, 0) is 31.2 Å². The average molecular weight is 256 g/mol. The molecular weight excluding hydrogens is 236 g/mol. The summed E-state index contributed by atoms with van der Waals surface area (Å²) in [6.45, 7) is 6.56. The van der Waals surface area contributed by atoms with Crippen molar-refractivity contribution in [3.63, 3.8) is 0 Å². The molecule has 0 aliphatic rings. The van der Waals surface area contributed by atoms with E-state index in [1.165, 1.54) is 5.56 Å². The second kappa shape index (κ2) is 6.90. The summed E-state index contributed by atoms with van der Waals surface area (Å²) < 4.78 is 5.67. The minimum atomic E-state index is 0.668. The van der Waals surface area contributed by atoms with Crippen molar-refractivity contribution in [3.05, 3.63) is 48.3 Å². The number of aromatic nitrogens is 1. The Bertz CT molecular complexity index is 526. The van der Waals surface area contributed by atoms with Crippen molar-refractivity contribution in [1.82, 2.24) is 10.3 Å². The van der Waals surface area contributed by atoms with Crippen LogP contribution in [0.25, 0.3) is 11.1 Å². The topological polar surface area (TPSA) is 34.2 Å². The fourth-order valence-corrected chi connectivity index (χ4v) is 1.99. The smallest absolute Gasteiger partial charge is 0.127 e. The Morgan fingerprint density at radius 3 is 2.79 bits per heavy atom. The molecule has 3 nitrogen and oxygen atoms in total. The van der Waals surface area contributed by atoms with Crippen molar-refractivity contribution < 1.29 is 4.74 Å². The molecule has 1 aromatic heterocycles. The maximum Gasteiger partial charge on any atom is 0.127 e. The number of para-hydroxylation sites is 1. The van der Waals surface area contributed by atoms with Crippen LogP contribution in [-0.2, 0) is 6.54 Å². The van der Waals surface area contributed by atoms with E-state index in [0.29, 0.717) is 6.61 Å². The fourth-order valence-electron chi connectivity index (χ4n) is 1.99. The van der Waals surface area contributed by atoms with Crippen LogP contribution >= 0.6 is 0 Å². The van der Waals surface area contributed by atoms with Crippen LogP contribution in [0.15, 0.2) is 42.7 Å². The van der Waals surface area contributed by atoms with Gasteiger partial charge >= 0.3 is 0 Å². The van der Waals surface area contributed by atoms with Gasteiger partial charge in [-0.15, -0.1) is 0 Å². The molecule has 0 spiro atoms. The first-order chi connectivity index (χ1) is 9.35. The molecule has 1 heterocycles. The molecule has 100 valence electrons. The van der Waals surface area contributed by atoms with Crippen molar-refractivity contribution in [2.24, 2.45) is 0 Å². The Morgan fingerprint density at radius 1 is 1.16 bits per heavy atom. The molecule has 0 radical (unpaired) electrons. The second-order valence-corrected chi connectivity index (χ2v) is 4.29. The molecule has 0 saturated carbocycles. The highest BCUT2D eigenvalue weighted by atomic mass is 16.5. The molecule has 0 aliphatic carbocycles. The number of ether oxygens (including phenoxy) is 1. The van der Waals surface area contributed by atoms with E-state index in [2.05, 4.69) is 29.4 Å². The van der Waals surface area contributed by atoms with Crippen LogP contribution in [0.2, 0.25) is 0 Å². The van der Waals surface area contributed by atoms with Gasteiger partial charge < -0.3 is 10.1 Å². The van der Waals surface area contributed by atoms with E-state index in [9.17, 15) is 0 Å². The van der Waals surface area contributed by atoms with E-state index in [1.807, 2.05) is 37.5 Å². The van der Waals surface area contributed by atoms with Gasteiger partial charge in [0.2, 0.25) is 0 Å². The summed E-state index contributed by atoms with van der Waals surface area (Å²) >= 11 is 0. The van der Waals surface area contributed by atoms with Gasteiger partial charge in [0.1, 0.15) is 5.75 Å². The van der Waals surface area contributed by atoms with E-state index >= 15 is 0 Å². The first kappa shape index (κ1) is 13.6. The number of nitrogens with zero attached hydrogens (tertiary/aromatic N) is 1. The molecule has 1 N–H and O–H groups in total. The SMILES string of the molecule is CCNCc1cncc(-c2ccccc2OCC)c1. The van der Waals surface area contributed by atoms with Crippen molar-refractivity contribution in [1.29, 1.82) is 0 Å². The molecule has 0 saturated heterocycles. The zero-order valence-electron chi connectivity index (χ0n) is 11.5. The molecule has 2 rings (SSSR count). The second-order valence-electron chi connectivity index (χ2n) is 4.29. The predicted octanol–water partition coefficient (Wildman–Crippen LogP) is 3.26. The minimum Gasteiger partial charge on any atom is -0.493 e. The van der Waals surface area contributed by atoms with Gasteiger partial charge in [0.05, 0.1) is 6.61 Å². The standard InChI is InChI=1S/C16H20N2O/c1-3-17-10-13-9-14(12-18-11-13)15-7-5-6-8-16(15)19-4-2/h5-9,11-12,17H,3-4,10H2,1-2H3. The van der Waals surface area contributed by atoms with Gasteiger partial charge in [0.25, 0.3) is 0 Å². The van der Waals surface area contributed by atoms with Crippen molar-refractivity contribution in [2.75, 3.05) is 13.2 Å². The summed E-state index contributed by atoms with van der Waals surface area (Å²) in [5.74, 6) is 0.910. The summed E-state index contributed by atoms with van der Waals surface area (Å²) in [5, 5.41) is 3.31. The lowest BCUT2D eigenvalue weighted by Gasteiger charge is -2.11. The van der Waals surface area contributed by atoms with E-state index in [4.69, 9.17) is 4.74 Å². The van der Waals surface area contributed by atoms with Gasteiger partial charge in [0.15, 0.2) is 0 Å². The monoisotopic (exact) mass is 256 g/mol. The summed E-state index contributed by atoms with van der Waals surface area (Å²) in [4.78, 5) is 4.32. The van der Waals surface area contributed by atoms with E-state index in [0.717, 1.165) is 30.0 Å². The lowest BCUT2D eigenvalue weighted by molar-refractivity contribution is 0.341. The van der Waals surface area contributed by atoms with Gasteiger partial charge in [-0.1, -0.05) is 25.1 Å². The Hall–Kier alpha value is -1.87. The van der Waals surface area contributed by atoms with Gasteiger partial charge in [-0.3, -0.25) is 4.98 Å². The highest BCUT2D eigenvalue weighted by Gasteiger charge is 2.06. The number of hydrogen-bond acceptors (Lipinski definition) is 3. The number of nitrogens with one attached hydrogen (secondary N) is 1. The van der Waals surface area contributed by atoms with E-state index in [1.54, 1.807) is 0 Å². The summed E-state index contributed by atoms with van der Waals surface area (Å²) in [7, 11) is 0. The molecule has 0 unspecified atom stereocenters. The quantitative estimate of drug-likeness (QED) is 0.861. The maximum absolute atomic E-state index is 5.67. The van der Waals surface area contributed by atoms with Crippen LogP contribution in [0, 0.1) is 0 Å². The van der Waals surface area contributed by atoms with E-state index < -0.39 is 0 Å². The molecule has 2 aromatic rings. The third-order valence-corrected chi connectivity index (χ3v) is 2.87. The molecule has 3 heteroatoms. The third-order valence-electron chi connectivity index (χ3n) is 2.87. The average Bonchev–Trinajstić information content (AvgIpc) is 2.46. The third kappa shape index (κ3) is 3.55. The largest absolute Gasteiger partial charge is 0.493 e. The van der Waals surface area contributed by atoms with E-state index in [-0.39, 0.29) is 0 Å². The number of rotatable bonds is 6. The highest BCUT2D eigenvalue weighted by Crippen LogP contribution is 2.29. The maximum atomic E-state index is 5.67. The number of benzene rings is 1.